The van der Waals surface area contributed by atoms with Gasteiger partial charge in [-0.3, -0.25) is 0 Å². The molecular formula is C25H20Cl2N2O2. The highest BCUT2D eigenvalue weighted by atomic mass is 35.5. The van der Waals surface area contributed by atoms with Gasteiger partial charge >= 0.3 is 0 Å². The van der Waals surface area contributed by atoms with Crippen molar-refractivity contribution in [3.63, 3.8) is 0 Å². The van der Waals surface area contributed by atoms with E-state index in [1.807, 2.05) is 24.3 Å². The van der Waals surface area contributed by atoms with E-state index in [2.05, 4.69) is 48.1 Å². The van der Waals surface area contributed by atoms with E-state index in [0.29, 0.717) is 33.6 Å². The van der Waals surface area contributed by atoms with Gasteiger partial charge in [0.05, 0.1) is 0 Å². The summed E-state index contributed by atoms with van der Waals surface area (Å²) in [5.74, 6) is 2.33. The minimum atomic E-state index is -0.209. The quantitative estimate of drug-likeness (QED) is 0.282. The SMILES string of the molecule is CC(C)(c1ccc(Oc2cccc(Cl)n2)cc1)c1ccc(Oc2cccc(Cl)n2)cc1. The number of rotatable bonds is 6. The molecule has 4 nitrogen and oxygen atoms in total. The van der Waals surface area contributed by atoms with E-state index in [9.17, 15) is 0 Å². The molecule has 6 heteroatoms. The number of hydrogen-bond acceptors (Lipinski definition) is 4. The van der Waals surface area contributed by atoms with Gasteiger partial charge in [0.1, 0.15) is 21.8 Å². The van der Waals surface area contributed by atoms with Gasteiger partial charge in [-0.05, 0) is 47.5 Å². The fraction of sp³-hybridized carbons (Fsp3) is 0.120. The predicted molar refractivity (Wildman–Crippen MR) is 124 cm³/mol. The summed E-state index contributed by atoms with van der Waals surface area (Å²) < 4.78 is 11.6. The van der Waals surface area contributed by atoms with Crippen LogP contribution in [0.25, 0.3) is 0 Å². The van der Waals surface area contributed by atoms with Gasteiger partial charge in [0.15, 0.2) is 0 Å². The number of benzene rings is 2. The van der Waals surface area contributed by atoms with Crippen molar-refractivity contribution in [2.24, 2.45) is 0 Å². The second kappa shape index (κ2) is 8.96. The first-order chi connectivity index (χ1) is 14.9. The Balaban J connectivity index is 1.48. The molecule has 0 saturated heterocycles. The molecule has 31 heavy (non-hydrogen) atoms. The molecule has 2 heterocycles. The molecule has 0 aliphatic rings. The van der Waals surface area contributed by atoms with Crippen LogP contribution < -0.4 is 9.47 Å². The van der Waals surface area contributed by atoms with Crippen LogP contribution in [0.15, 0.2) is 84.9 Å². The smallest absolute Gasteiger partial charge is 0.220 e. The summed E-state index contributed by atoms with van der Waals surface area (Å²) in [6, 6.07) is 26.5. The van der Waals surface area contributed by atoms with E-state index in [4.69, 9.17) is 32.7 Å². The Morgan fingerprint density at radius 3 is 1.32 bits per heavy atom. The van der Waals surface area contributed by atoms with Gasteiger partial charge in [0.25, 0.3) is 0 Å². The maximum atomic E-state index is 5.92. The highest BCUT2D eigenvalue weighted by Gasteiger charge is 2.23. The standard InChI is InChI=1S/C25H20Cl2N2O2/c1-25(2,17-9-13-19(14-10-17)30-23-7-3-5-21(26)28-23)18-11-15-20(16-12-18)31-24-8-4-6-22(27)29-24/h3-16H,1-2H3. The number of pyridine rings is 2. The van der Waals surface area contributed by atoms with Gasteiger partial charge < -0.3 is 9.47 Å². The molecule has 0 aliphatic heterocycles. The normalized spacial score (nSPS) is 11.2. The van der Waals surface area contributed by atoms with Gasteiger partial charge in [-0.2, -0.15) is 0 Å². The average molecular weight is 451 g/mol. The number of ether oxygens (including phenoxy) is 2. The van der Waals surface area contributed by atoms with Crippen molar-refractivity contribution in [2.45, 2.75) is 19.3 Å². The lowest BCUT2D eigenvalue weighted by atomic mass is 9.78. The molecule has 0 unspecified atom stereocenters. The van der Waals surface area contributed by atoms with E-state index in [-0.39, 0.29) is 5.41 Å². The first-order valence-corrected chi connectivity index (χ1v) is 10.5. The minimum Gasteiger partial charge on any atom is -0.439 e. The van der Waals surface area contributed by atoms with Crippen LogP contribution in [0, 0.1) is 0 Å². The molecule has 0 spiro atoms. The van der Waals surface area contributed by atoms with Crippen molar-refractivity contribution in [3.05, 3.63) is 106 Å². The molecule has 0 N–H and O–H groups in total. The zero-order valence-corrected chi connectivity index (χ0v) is 18.6. The summed E-state index contributed by atoms with van der Waals surface area (Å²) in [7, 11) is 0. The predicted octanol–water partition coefficient (Wildman–Crippen LogP) is 7.69. The minimum absolute atomic E-state index is 0.209. The van der Waals surface area contributed by atoms with Gasteiger partial charge in [-0.25, -0.2) is 9.97 Å². The molecule has 2 aromatic heterocycles. The Morgan fingerprint density at radius 2 is 0.968 bits per heavy atom. The van der Waals surface area contributed by atoms with Crippen molar-refractivity contribution in [2.75, 3.05) is 0 Å². The largest absolute Gasteiger partial charge is 0.439 e. The summed E-state index contributed by atoms with van der Waals surface area (Å²) >= 11 is 11.8. The first kappa shape index (κ1) is 21.2. The van der Waals surface area contributed by atoms with Crippen LogP contribution in [0.1, 0.15) is 25.0 Å². The highest BCUT2D eigenvalue weighted by Crippen LogP contribution is 2.34. The maximum absolute atomic E-state index is 5.92. The molecule has 0 saturated carbocycles. The molecule has 2 aromatic carbocycles. The highest BCUT2D eigenvalue weighted by molar-refractivity contribution is 6.29. The van der Waals surface area contributed by atoms with Gasteiger partial charge in [0.2, 0.25) is 11.8 Å². The summed E-state index contributed by atoms with van der Waals surface area (Å²) in [6.45, 7) is 4.35. The molecule has 0 atom stereocenters. The Bertz CT molecular complexity index is 1080. The van der Waals surface area contributed by atoms with Crippen LogP contribution in [-0.4, -0.2) is 9.97 Å². The second-order valence-corrected chi connectivity index (χ2v) is 8.25. The van der Waals surface area contributed by atoms with E-state index in [1.54, 1.807) is 36.4 Å². The fourth-order valence-corrected chi connectivity index (χ4v) is 3.49. The lowest BCUT2D eigenvalue weighted by Gasteiger charge is -2.26. The third-order valence-corrected chi connectivity index (χ3v) is 5.40. The molecular weight excluding hydrogens is 431 g/mol. The Morgan fingerprint density at radius 1 is 0.581 bits per heavy atom. The Kier molecular flexibility index (Phi) is 6.12. The second-order valence-electron chi connectivity index (χ2n) is 7.47. The average Bonchev–Trinajstić information content (AvgIpc) is 2.75. The lowest BCUT2D eigenvalue weighted by molar-refractivity contribution is 0.462. The van der Waals surface area contributed by atoms with Gasteiger partial charge in [-0.15, -0.1) is 0 Å². The summed E-state index contributed by atoms with van der Waals surface area (Å²) in [6.07, 6.45) is 0. The van der Waals surface area contributed by atoms with E-state index >= 15 is 0 Å². The lowest BCUT2D eigenvalue weighted by Crippen LogP contribution is -2.18. The third-order valence-electron chi connectivity index (χ3n) is 4.98. The molecule has 0 fully saturated rings. The Hall–Kier alpha value is -3.08. The van der Waals surface area contributed by atoms with Crippen LogP contribution in [0.2, 0.25) is 10.3 Å². The van der Waals surface area contributed by atoms with Crippen LogP contribution in [0.5, 0.6) is 23.3 Å². The van der Waals surface area contributed by atoms with Crippen molar-refractivity contribution < 1.29 is 9.47 Å². The molecule has 0 radical (unpaired) electrons. The first-order valence-electron chi connectivity index (χ1n) is 9.72. The Labute approximate surface area is 191 Å². The molecule has 4 rings (SSSR count). The molecule has 0 amide bonds. The molecule has 0 bridgehead atoms. The van der Waals surface area contributed by atoms with Crippen LogP contribution in [0.3, 0.4) is 0 Å². The molecule has 156 valence electrons. The summed E-state index contributed by atoms with van der Waals surface area (Å²) in [5.41, 5.74) is 2.10. The number of hydrogen-bond donors (Lipinski definition) is 0. The van der Waals surface area contributed by atoms with Crippen molar-refractivity contribution in [1.82, 2.24) is 9.97 Å². The zero-order valence-electron chi connectivity index (χ0n) is 17.0. The summed E-state index contributed by atoms with van der Waals surface area (Å²) in [5, 5.41) is 0.794. The topological polar surface area (TPSA) is 44.2 Å². The van der Waals surface area contributed by atoms with Crippen LogP contribution in [0.4, 0.5) is 0 Å². The maximum Gasteiger partial charge on any atom is 0.220 e. The number of aromatic nitrogens is 2. The summed E-state index contributed by atoms with van der Waals surface area (Å²) in [4.78, 5) is 8.30. The number of halogens is 2. The van der Waals surface area contributed by atoms with E-state index < -0.39 is 0 Å². The van der Waals surface area contributed by atoms with Crippen molar-refractivity contribution in [1.29, 1.82) is 0 Å². The van der Waals surface area contributed by atoms with Crippen LogP contribution in [-0.2, 0) is 5.41 Å². The molecule has 0 aliphatic carbocycles. The third kappa shape index (κ3) is 5.16. The monoisotopic (exact) mass is 450 g/mol. The van der Waals surface area contributed by atoms with Crippen LogP contribution >= 0.6 is 23.2 Å². The van der Waals surface area contributed by atoms with Crippen molar-refractivity contribution >= 4 is 23.2 Å². The van der Waals surface area contributed by atoms with E-state index in [0.717, 1.165) is 11.1 Å². The van der Waals surface area contributed by atoms with Gasteiger partial charge in [-0.1, -0.05) is 73.4 Å². The van der Waals surface area contributed by atoms with Gasteiger partial charge in [0, 0.05) is 17.5 Å². The van der Waals surface area contributed by atoms with Crippen molar-refractivity contribution in [3.8, 4) is 23.3 Å². The van der Waals surface area contributed by atoms with E-state index in [1.165, 1.54) is 0 Å². The number of nitrogens with zero attached hydrogens (tertiary/aromatic N) is 2. The fourth-order valence-electron chi connectivity index (χ4n) is 3.18. The zero-order chi connectivity index (χ0) is 21.8. The molecule has 4 aromatic rings.